The maximum atomic E-state index is 13.2. The van der Waals surface area contributed by atoms with Crippen molar-refractivity contribution < 1.29 is 14.1 Å². The standard InChI is InChI=1S/C12H8ClFN4O3/c13-10-7(11(15)16)3-4-17-12(10)21-9-5-6(14)1-2-8(9)18(19)20/h1-5H,(H3,15,16). The fourth-order valence-corrected chi connectivity index (χ4v) is 1.78. The van der Waals surface area contributed by atoms with Gasteiger partial charge in [0.2, 0.25) is 11.6 Å². The van der Waals surface area contributed by atoms with Crippen molar-refractivity contribution in [1.29, 1.82) is 5.41 Å². The van der Waals surface area contributed by atoms with Gasteiger partial charge in [-0.3, -0.25) is 15.5 Å². The van der Waals surface area contributed by atoms with Crippen LogP contribution < -0.4 is 10.5 Å². The van der Waals surface area contributed by atoms with E-state index < -0.39 is 16.4 Å². The van der Waals surface area contributed by atoms with E-state index in [1.807, 2.05) is 0 Å². The molecule has 2 aromatic rings. The summed E-state index contributed by atoms with van der Waals surface area (Å²) >= 11 is 5.95. The highest BCUT2D eigenvalue weighted by Crippen LogP contribution is 2.35. The molecule has 0 unspecified atom stereocenters. The first-order chi connectivity index (χ1) is 9.90. The molecule has 0 aliphatic rings. The van der Waals surface area contributed by atoms with Gasteiger partial charge in [-0.2, -0.15) is 0 Å². The monoisotopic (exact) mass is 310 g/mol. The summed E-state index contributed by atoms with van der Waals surface area (Å²) in [5.74, 6) is -1.59. The number of ether oxygens (including phenoxy) is 1. The molecule has 0 atom stereocenters. The Morgan fingerprint density at radius 3 is 2.81 bits per heavy atom. The van der Waals surface area contributed by atoms with E-state index in [9.17, 15) is 14.5 Å². The Morgan fingerprint density at radius 2 is 2.19 bits per heavy atom. The highest BCUT2D eigenvalue weighted by molar-refractivity contribution is 6.35. The molecule has 0 radical (unpaired) electrons. The first-order valence-corrected chi connectivity index (χ1v) is 5.88. The second kappa shape index (κ2) is 5.71. The topological polar surface area (TPSA) is 115 Å². The number of nitrogens with two attached hydrogens (primary N) is 1. The lowest BCUT2D eigenvalue weighted by Crippen LogP contribution is -2.12. The van der Waals surface area contributed by atoms with Gasteiger partial charge in [-0.15, -0.1) is 0 Å². The first kappa shape index (κ1) is 14.7. The van der Waals surface area contributed by atoms with E-state index in [0.717, 1.165) is 18.2 Å². The number of hydrogen-bond acceptors (Lipinski definition) is 5. The van der Waals surface area contributed by atoms with Crippen LogP contribution in [0.15, 0.2) is 30.5 Å². The van der Waals surface area contributed by atoms with E-state index in [1.165, 1.54) is 12.3 Å². The second-order valence-electron chi connectivity index (χ2n) is 3.86. The highest BCUT2D eigenvalue weighted by atomic mass is 35.5. The summed E-state index contributed by atoms with van der Waals surface area (Å²) in [7, 11) is 0. The zero-order valence-corrected chi connectivity index (χ0v) is 11.1. The molecule has 21 heavy (non-hydrogen) atoms. The minimum absolute atomic E-state index is 0.0939. The third-order valence-electron chi connectivity index (χ3n) is 2.47. The zero-order valence-electron chi connectivity index (χ0n) is 10.3. The van der Waals surface area contributed by atoms with Crippen molar-refractivity contribution in [3.63, 3.8) is 0 Å². The molecular weight excluding hydrogens is 303 g/mol. The van der Waals surface area contributed by atoms with Gasteiger partial charge in [0, 0.05) is 23.9 Å². The number of nitro groups is 1. The molecule has 1 aromatic heterocycles. The Hall–Kier alpha value is -2.74. The number of hydrogen-bond donors (Lipinski definition) is 2. The van der Waals surface area contributed by atoms with E-state index in [2.05, 4.69) is 4.98 Å². The van der Waals surface area contributed by atoms with Crippen molar-refractivity contribution in [2.75, 3.05) is 0 Å². The normalized spacial score (nSPS) is 10.2. The van der Waals surface area contributed by atoms with Crippen LogP contribution in [0.5, 0.6) is 11.6 Å². The number of amidine groups is 1. The second-order valence-corrected chi connectivity index (χ2v) is 4.24. The molecule has 1 aromatic carbocycles. The van der Waals surface area contributed by atoms with Crippen molar-refractivity contribution in [3.05, 3.63) is 57.0 Å². The van der Waals surface area contributed by atoms with Gasteiger partial charge in [0.1, 0.15) is 16.7 Å². The van der Waals surface area contributed by atoms with Crippen LogP contribution in [0.1, 0.15) is 5.56 Å². The van der Waals surface area contributed by atoms with Gasteiger partial charge in [0.25, 0.3) is 0 Å². The van der Waals surface area contributed by atoms with E-state index >= 15 is 0 Å². The van der Waals surface area contributed by atoms with Crippen molar-refractivity contribution in [3.8, 4) is 11.6 Å². The van der Waals surface area contributed by atoms with Crippen LogP contribution in [0.3, 0.4) is 0 Å². The average Bonchev–Trinajstić information content (AvgIpc) is 2.40. The SMILES string of the molecule is N=C(N)c1ccnc(Oc2cc(F)ccc2[N+](=O)[O-])c1Cl. The molecule has 0 spiro atoms. The highest BCUT2D eigenvalue weighted by Gasteiger charge is 2.19. The third kappa shape index (κ3) is 3.06. The summed E-state index contributed by atoms with van der Waals surface area (Å²) in [6, 6.07) is 4.13. The molecule has 1 heterocycles. The van der Waals surface area contributed by atoms with Gasteiger partial charge in [-0.25, -0.2) is 9.37 Å². The number of nitrogens with zero attached hydrogens (tertiary/aromatic N) is 2. The number of nitro benzene ring substituents is 1. The zero-order chi connectivity index (χ0) is 15.6. The molecule has 0 aliphatic carbocycles. The molecule has 2 rings (SSSR count). The maximum absolute atomic E-state index is 13.2. The summed E-state index contributed by atoms with van der Waals surface area (Å²) < 4.78 is 18.4. The van der Waals surface area contributed by atoms with Crippen LogP contribution in [0.4, 0.5) is 10.1 Å². The number of halogens is 2. The lowest BCUT2D eigenvalue weighted by molar-refractivity contribution is -0.385. The quantitative estimate of drug-likeness (QED) is 0.390. The molecule has 0 saturated carbocycles. The summed E-state index contributed by atoms with van der Waals surface area (Å²) in [4.78, 5) is 13.9. The summed E-state index contributed by atoms with van der Waals surface area (Å²) in [6.45, 7) is 0. The molecule has 0 saturated heterocycles. The summed E-state index contributed by atoms with van der Waals surface area (Å²) in [5, 5.41) is 18.1. The Balaban J connectivity index is 2.48. The summed E-state index contributed by atoms with van der Waals surface area (Å²) in [5.41, 5.74) is 5.04. The van der Waals surface area contributed by atoms with Crippen LogP contribution in [0.2, 0.25) is 5.02 Å². The van der Waals surface area contributed by atoms with E-state index in [1.54, 1.807) is 0 Å². The number of benzene rings is 1. The van der Waals surface area contributed by atoms with Gasteiger partial charge in [-0.1, -0.05) is 11.6 Å². The summed E-state index contributed by atoms with van der Waals surface area (Å²) in [6.07, 6.45) is 1.27. The Morgan fingerprint density at radius 1 is 1.48 bits per heavy atom. The molecule has 0 fully saturated rings. The number of nitrogens with one attached hydrogen (secondary N) is 1. The predicted octanol–water partition coefficient (Wildman–Crippen LogP) is 2.86. The van der Waals surface area contributed by atoms with E-state index in [4.69, 9.17) is 27.5 Å². The lowest BCUT2D eigenvalue weighted by atomic mass is 10.2. The predicted molar refractivity (Wildman–Crippen MR) is 73.4 cm³/mol. The molecule has 7 nitrogen and oxygen atoms in total. The Labute approximate surface area is 122 Å². The number of pyridine rings is 1. The third-order valence-corrected chi connectivity index (χ3v) is 2.84. The van der Waals surface area contributed by atoms with Crippen molar-refractivity contribution in [1.82, 2.24) is 4.98 Å². The fraction of sp³-hybridized carbons (Fsp3) is 0. The van der Waals surface area contributed by atoms with Gasteiger partial charge in [-0.05, 0) is 12.1 Å². The average molecular weight is 311 g/mol. The van der Waals surface area contributed by atoms with E-state index in [-0.39, 0.29) is 28.1 Å². The van der Waals surface area contributed by atoms with Crippen molar-refractivity contribution >= 4 is 23.1 Å². The van der Waals surface area contributed by atoms with Crippen LogP contribution in [0, 0.1) is 21.3 Å². The lowest BCUT2D eigenvalue weighted by Gasteiger charge is -2.09. The van der Waals surface area contributed by atoms with Crippen molar-refractivity contribution in [2.24, 2.45) is 5.73 Å². The smallest absolute Gasteiger partial charge is 0.311 e. The number of aromatic nitrogens is 1. The fourth-order valence-electron chi connectivity index (χ4n) is 1.53. The van der Waals surface area contributed by atoms with Gasteiger partial charge < -0.3 is 10.5 Å². The van der Waals surface area contributed by atoms with Gasteiger partial charge in [0.05, 0.1) is 4.92 Å². The molecule has 0 bridgehead atoms. The van der Waals surface area contributed by atoms with E-state index in [0.29, 0.717) is 0 Å². The van der Waals surface area contributed by atoms with Gasteiger partial charge >= 0.3 is 5.69 Å². The Bertz CT molecular complexity index is 738. The molecule has 108 valence electrons. The number of nitrogen functional groups attached to an aromatic ring is 1. The maximum Gasteiger partial charge on any atom is 0.311 e. The van der Waals surface area contributed by atoms with Gasteiger partial charge in [0.15, 0.2) is 0 Å². The minimum Gasteiger partial charge on any atom is -0.430 e. The van der Waals surface area contributed by atoms with Crippen LogP contribution in [0.25, 0.3) is 0 Å². The molecule has 9 heteroatoms. The van der Waals surface area contributed by atoms with Crippen LogP contribution in [-0.2, 0) is 0 Å². The molecule has 3 N–H and O–H groups in total. The Kier molecular flexibility index (Phi) is 3.99. The molecule has 0 aliphatic heterocycles. The first-order valence-electron chi connectivity index (χ1n) is 5.51. The molecule has 0 amide bonds. The number of rotatable bonds is 4. The van der Waals surface area contributed by atoms with Crippen LogP contribution >= 0.6 is 11.6 Å². The van der Waals surface area contributed by atoms with Crippen molar-refractivity contribution in [2.45, 2.75) is 0 Å². The minimum atomic E-state index is -0.725. The molecular formula is C12H8ClFN4O3. The van der Waals surface area contributed by atoms with Crippen LogP contribution in [-0.4, -0.2) is 15.7 Å². The largest absolute Gasteiger partial charge is 0.430 e.